The summed E-state index contributed by atoms with van der Waals surface area (Å²) in [5, 5.41) is 3.44. The van der Waals surface area contributed by atoms with E-state index >= 15 is 0 Å². The van der Waals surface area contributed by atoms with Crippen LogP contribution in [0.4, 0.5) is 0 Å². The first-order chi connectivity index (χ1) is 7.88. The molecule has 2 aliphatic rings. The zero-order valence-corrected chi connectivity index (χ0v) is 14.7. The zero-order chi connectivity index (χ0) is 12.7. The molecule has 0 bridgehead atoms. The monoisotopic (exact) mass is 365 g/mol. The molecule has 2 rings (SSSR count). The quantitative estimate of drug-likeness (QED) is 0.473. The summed E-state index contributed by atoms with van der Waals surface area (Å²) in [6.45, 7) is 14.5. The Labute approximate surface area is 129 Å². The standard InChI is InChI=1S/C14H27N3.HI/c1-6-15-12(16-9-11-7-8-11)17-10-13(2,3)14(17,4)5;/h11H,6-10H2,1-5H3,(H,15,16);1H. The lowest BCUT2D eigenvalue weighted by molar-refractivity contribution is -0.0667. The summed E-state index contributed by atoms with van der Waals surface area (Å²) in [6.07, 6.45) is 2.75. The molecule has 18 heavy (non-hydrogen) atoms. The largest absolute Gasteiger partial charge is 0.356 e. The second-order valence-corrected chi connectivity index (χ2v) is 6.67. The molecule has 2 fully saturated rings. The average molecular weight is 365 g/mol. The van der Waals surface area contributed by atoms with Gasteiger partial charge in [0.1, 0.15) is 0 Å². The van der Waals surface area contributed by atoms with Crippen LogP contribution in [-0.2, 0) is 0 Å². The van der Waals surface area contributed by atoms with E-state index in [2.05, 4.69) is 44.8 Å². The van der Waals surface area contributed by atoms with Crippen molar-refractivity contribution in [3.63, 3.8) is 0 Å². The number of rotatable bonds is 3. The van der Waals surface area contributed by atoms with Crippen molar-refractivity contribution in [1.29, 1.82) is 0 Å². The minimum Gasteiger partial charge on any atom is -0.356 e. The lowest BCUT2D eigenvalue weighted by atomic mass is 9.65. The van der Waals surface area contributed by atoms with Gasteiger partial charge in [-0.15, -0.1) is 24.0 Å². The second-order valence-electron chi connectivity index (χ2n) is 6.67. The van der Waals surface area contributed by atoms with Gasteiger partial charge in [-0.2, -0.15) is 0 Å². The fourth-order valence-electron chi connectivity index (χ4n) is 2.31. The van der Waals surface area contributed by atoms with Crippen LogP contribution in [0, 0.1) is 11.3 Å². The van der Waals surface area contributed by atoms with Gasteiger partial charge in [0, 0.05) is 30.6 Å². The minimum absolute atomic E-state index is 0. The maximum Gasteiger partial charge on any atom is 0.194 e. The summed E-state index contributed by atoms with van der Waals surface area (Å²) in [4.78, 5) is 7.22. The van der Waals surface area contributed by atoms with E-state index in [9.17, 15) is 0 Å². The summed E-state index contributed by atoms with van der Waals surface area (Å²) in [7, 11) is 0. The normalized spacial score (nSPS) is 25.2. The molecule has 1 aliphatic carbocycles. The highest BCUT2D eigenvalue weighted by Crippen LogP contribution is 2.46. The fourth-order valence-corrected chi connectivity index (χ4v) is 2.31. The van der Waals surface area contributed by atoms with Gasteiger partial charge in [-0.1, -0.05) is 13.8 Å². The van der Waals surface area contributed by atoms with Crippen LogP contribution in [0.5, 0.6) is 0 Å². The number of guanidine groups is 1. The maximum atomic E-state index is 4.79. The first-order valence-corrected chi connectivity index (χ1v) is 6.94. The van der Waals surface area contributed by atoms with Crippen LogP contribution in [0.2, 0.25) is 0 Å². The Bertz CT molecular complexity index is 319. The minimum atomic E-state index is 0. The molecule has 0 spiro atoms. The molecule has 106 valence electrons. The van der Waals surface area contributed by atoms with E-state index in [1.54, 1.807) is 0 Å². The molecule has 1 heterocycles. The number of likely N-dealkylation sites (tertiary alicyclic amines) is 1. The SMILES string of the molecule is CCNC(=NCC1CC1)N1CC(C)(C)C1(C)C.I. The van der Waals surface area contributed by atoms with Crippen LogP contribution >= 0.6 is 24.0 Å². The number of hydrogen-bond acceptors (Lipinski definition) is 1. The third-order valence-corrected chi connectivity index (χ3v) is 4.67. The third kappa shape index (κ3) is 2.94. The number of nitrogens with one attached hydrogen (secondary N) is 1. The second kappa shape index (κ2) is 5.55. The van der Waals surface area contributed by atoms with Crippen LogP contribution in [0.1, 0.15) is 47.5 Å². The highest BCUT2D eigenvalue weighted by atomic mass is 127. The van der Waals surface area contributed by atoms with Crippen molar-refractivity contribution in [2.45, 2.75) is 53.0 Å². The Kier molecular flexibility index (Phi) is 4.95. The molecular formula is C14H28IN3. The van der Waals surface area contributed by atoms with Crippen LogP contribution in [-0.4, -0.2) is 36.0 Å². The van der Waals surface area contributed by atoms with E-state index in [0.717, 1.165) is 31.5 Å². The average Bonchev–Trinajstić information content (AvgIpc) is 3.05. The summed E-state index contributed by atoms with van der Waals surface area (Å²) in [6, 6.07) is 0. The zero-order valence-electron chi connectivity index (χ0n) is 12.4. The van der Waals surface area contributed by atoms with Gasteiger partial charge in [0.05, 0.1) is 0 Å². The predicted molar refractivity (Wildman–Crippen MR) is 88.7 cm³/mol. The number of nitrogens with zero attached hydrogens (tertiary/aromatic N) is 2. The molecule has 1 N–H and O–H groups in total. The molecular weight excluding hydrogens is 337 g/mol. The number of halogens is 1. The van der Waals surface area contributed by atoms with E-state index in [1.807, 2.05) is 0 Å². The molecule has 0 radical (unpaired) electrons. The first-order valence-electron chi connectivity index (χ1n) is 6.94. The molecule has 0 aromatic carbocycles. The van der Waals surface area contributed by atoms with Gasteiger partial charge in [0.2, 0.25) is 0 Å². The van der Waals surface area contributed by atoms with Crippen molar-refractivity contribution in [3.8, 4) is 0 Å². The van der Waals surface area contributed by atoms with Crippen molar-refractivity contribution >= 4 is 29.9 Å². The summed E-state index contributed by atoms with van der Waals surface area (Å²) >= 11 is 0. The van der Waals surface area contributed by atoms with Gasteiger partial charge in [0.15, 0.2) is 5.96 Å². The van der Waals surface area contributed by atoms with E-state index < -0.39 is 0 Å². The smallest absolute Gasteiger partial charge is 0.194 e. The van der Waals surface area contributed by atoms with Crippen LogP contribution in [0.3, 0.4) is 0 Å². The first kappa shape index (κ1) is 16.1. The van der Waals surface area contributed by atoms with E-state index in [4.69, 9.17) is 4.99 Å². The van der Waals surface area contributed by atoms with Gasteiger partial charge >= 0.3 is 0 Å². The van der Waals surface area contributed by atoms with Gasteiger partial charge < -0.3 is 10.2 Å². The Balaban J connectivity index is 0.00000162. The van der Waals surface area contributed by atoms with Crippen molar-refractivity contribution < 1.29 is 0 Å². The van der Waals surface area contributed by atoms with Crippen molar-refractivity contribution in [3.05, 3.63) is 0 Å². The fraction of sp³-hybridized carbons (Fsp3) is 0.929. The highest BCUT2D eigenvalue weighted by Gasteiger charge is 2.53. The van der Waals surface area contributed by atoms with Gasteiger partial charge in [-0.05, 0) is 39.5 Å². The molecule has 3 nitrogen and oxygen atoms in total. The third-order valence-electron chi connectivity index (χ3n) is 4.67. The Morgan fingerprint density at radius 3 is 2.28 bits per heavy atom. The lowest BCUT2D eigenvalue weighted by Gasteiger charge is -2.62. The van der Waals surface area contributed by atoms with E-state index in [-0.39, 0.29) is 29.5 Å². The molecule has 1 aliphatic heterocycles. The lowest BCUT2D eigenvalue weighted by Crippen LogP contribution is -2.72. The maximum absolute atomic E-state index is 4.79. The van der Waals surface area contributed by atoms with Gasteiger partial charge in [-0.3, -0.25) is 4.99 Å². The molecule has 0 atom stereocenters. The summed E-state index contributed by atoms with van der Waals surface area (Å²) < 4.78 is 0. The molecule has 1 saturated heterocycles. The molecule has 1 saturated carbocycles. The van der Waals surface area contributed by atoms with Gasteiger partial charge in [-0.25, -0.2) is 0 Å². The molecule has 0 unspecified atom stereocenters. The van der Waals surface area contributed by atoms with Crippen LogP contribution in [0.25, 0.3) is 0 Å². The van der Waals surface area contributed by atoms with Gasteiger partial charge in [0.25, 0.3) is 0 Å². The molecule has 0 amide bonds. The Morgan fingerprint density at radius 1 is 1.28 bits per heavy atom. The number of aliphatic imine (C=N–C) groups is 1. The van der Waals surface area contributed by atoms with Crippen LogP contribution in [0.15, 0.2) is 4.99 Å². The Hall–Kier alpha value is 0. The van der Waals surface area contributed by atoms with Crippen LogP contribution < -0.4 is 5.32 Å². The van der Waals surface area contributed by atoms with E-state index in [0.29, 0.717) is 5.41 Å². The molecule has 0 aromatic heterocycles. The van der Waals surface area contributed by atoms with Crippen molar-refractivity contribution in [2.24, 2.45) is 16.3 Å². The Morgan fingerprint density at radius 2 is 1.89 bits per heavy atom. The van der Waals surface area contributed by atoms with Crippen molar-refractivity contribution in [1.82, 2.24) is 10.2 Å². The topological polar surface area (TPSA) is 27.6 Å². The van der Waals surface area contributed by atoms with Crippen molar-refractivity contribution in [2.75, 3.05) is 19.6 Å². The number of hydrogen-bond donors (Lipinski definition) is 1. The molecule has 4 heteroatoms. The van der Waals surface area contributed by atoms with E-state index in [1.165, 1.54) is 12.8 Å². The predicted octanol–water partition coefficient (Wildman–Crippen LogP) is 3.10. The summed E-state index contributed by atoms with van der Waals surface area (Å²) in [5.41, 5.74) is 0.584. The highest BCUT2D eigenvalue weighted by molar-refractivity contribution is 14.0. The molecule has 0 aromatic rings. The summed E-state index contributed by atoms with van der Waals surface area (Å²) in [5.74, 6) is 1.98.